The molecule has 2 saturated carbocycles. The predicted molar refractivity (Wildman–Crippen MR) is 104 cm³/mol. The number of unbranched alkanes of at least 4 members (excludes halogenated alkanes) is 3. The number of halogens is 2. The second kappa shape index (κ2) is 9.75. The molecule has 4 atom stereocenters. The molecule has 27 heavy (non-hydrogen) atoms. The fourth-order valence-corrected chi connectivity index (χ4v) is 5.33. The van der Waals surface area contributed by atoms with Crippen LogP contribution in [0.4, 0.5) is 8.78 Å². The Morgan fingerprint density at radius 2 is 1.44 bits per heavy atom. The number of hydrogen-bond acceptors (Lipinski definition) is 2. The molecule has 0 spiro atoms. The summed E-state index contributed by atoms with van der Waals surface area (Å²) >= 11 is 0. The summed E-state index contributed by atoms with van der Waals surface area (Å²) < 4.78 is 39.0. The Kier molecular flexibility index (Phi) is 7.37. The van der Waals surface area contributed by atoms with Gasteiger partial charge >= 0.3 is 0 Å². The van der Waals surface area contributed by atoms with Crippen molar-refractivity contribution in [3.63, 3.8) is 0 Å². The third kappa shape index (κ3) is 4.75. The molecule has 4 heteroatoms. The van der Waals surface area contributed by atoms with Crippen molar-refractivity contribution in [2.24, 2.45) is 23.7 Å². The van der Waals surface area contributed by atoms with Crippen LogP contribution >= 0.6 is 0 Å². The van der Waals surface area contributed by atoms with E-state index < -0.39 is 11.6 Å². The highest BCUT2D eigenvalue weighted by Crippen LogP contribution is 2.52. The molecule has 1 aromatic rings. The maximum Gasteiger partial charge on any atom is 0.204 e. The first-order valence-electron chi connectivity index (χ1n) is 10.9. The van der Waals surface area contributed by atoms with Gasteiger partial charge in [-0.25, -0.2) is 0 Å². The van der Waals surface area contributed by atoms with E-state index in [1.54, 1.807) is 6.92 Å². The number of hydrogen-bond donors (Lipinski definition) is 0. The van der Waals surface area contributed by atoms with Gasteiger partial charge in [-0.3, -0.25) is 0 Å². The largest absolute Gasteiger partial charge is 0.491 e. The lowest BCUT2D eigenvalue weighted by atomic mass is 9.86. The van der Waals surface area contributed by atoms with Crippen molar-refractivity contribution in [3.8, 4) is 11.5 Å². The van der Waals surface area contributed by atoms with Gasteiger partial charge in [-0.1, -0.05) is 39.0 Å². The first kappa shape index (κ1) is 20.4. The first-order valence-corrected chi connectivity index (χ1v) is 10.9. The van der Waals surface area contributed by atoms with E-state index in [1.807, 2.05) is 0 Å². The maximum atomic E-state index is 14.2. The van der Waals surface area contributed by atoms with E-state index in [1.165, 1.54) is 63.5 Å². The second-order valence-corrected chi connectivity index (χ2v) is 8.29. The molecule has 2 aliphatic carbocycles. The van der Waals surface area contributed by atoms with E-state index in [0.29, 0.717) is 25.0 Å². The molecule has 4 unspecified atom stereocenters. The molecule has 2 aliphatic rings. The minimum absolute atomic E-state index is 0.00788. The predicted octanol–water partition coefficient (Wildman–Crippen LogP) is 6.77. The second-order valence-electron chi connectivity index (χ2n) is 8.29. The van der Waals surface area contributed by atoms with Gasteiger partial charge in [0.1, 0.15) is 0 Å². The maximum absolute atomic E-state index is 14.2. The van der Waals surface area contributed by atoms with Crippen molar-refractivity contribution in [2.45, 2.75) is 71.6 Å². The van der Waals surface area contributed by atoms with Gasteiger partial charge in [-0.15, -0.1) is 0 Å². The molecule has 0 radical (unpaired) electrons. The van der Waals surface area contributed by atoms with E-state index in [2.05, 4.69) is 6.92 Å². The Labute approximate surface area is 162 Å². The van der Waals surface area contributed by atoms with Crippen LogP contribution in [0.1, 0.15) is 71.6 Å². The van der Waals surface area contributed by atoms with Crippen molar-refractivity contribution < 1.29 is 18.3 Å². The summed E-state index contributed by atoms with van der Waals surface area (Å²) in [6.07, 6.45) is 11.8. The zero-order chi connectivity index (χ0) is 19.2. The Morgan fingerprint density at radius 3 is 2.11 bits per heavy atom. The van der Waals surface area contributed by atoms with Gasteiger partial charge in [0.2, 0.25) is 11.6 Å². The summed E-state index contributed by atoms with van der Waals surface area (Å²) in [7, 11) is 0. The zero-order valence-electron chi connectivity index (χ0n) is 16.8. The highest BCUT2D eigenvalue weighted by molar-refractivity contribution is 5.35. The Hall–Kier alpha value is -1.32. The number of ether oxygens (including phenoxy) is 2. The molecule has 0 aliphatic heterocycles. The molecule has 0 amide bonds. The third-order valence-electron chi connectivity index (χ3n) is 6.70. The molecule has 1 aromatic carbocycles. The standard InChI is InChI=1S/C23H34F2O2/c1-3-5-6-7-8-16-9-11-19-17(10-12-18(16)19)15-27-21-14-13-20(26-4-2)22(24)23(21)25/h13-14,16-19H,3-12,15H2,1-2H3. The molecule has 3 rings (SSSR count). The quantitative estimate of drug-likeness (QED) is 0.417. The summed E-state index contributed by atoms with van der Waals surface area (Å²) in [6, 6.07) is 2.94. The summed E-state index contributed by atoms with van der Waals surface area (Å²) in [4.78, 5) is 0. The van der Waals surface area contributed by atoms with Gasteiger partial charge in [0.25, 0.3) is 0 Å². The van der Waals surface area contributed by atoms with Crippen LogP contribution in [-0.4, -0.2) is 13.2 Å². The topological polar surface area (TPSA) is 18.5 Å². The molecular formula is C23H34F2O2. The molecule has 2 fully saturated rings. The van der Waals surface area contributed by atoms with Gasteiger partial charge in [0.05, 0.1) is 13.2 Å². The molecule has 0 N–H and O–H groups in total. The molecule has 0 heterocycles. The van der Waals surface area contributed by atoms with Crippen LogP contribution in [0.5, 0.6) is 11.5 Å². The van der Waals surface area contributed by atoms with Crippen molar-refractivity contribution in [1.82, 2.24) is 0 Å². The van der Waals surface area contributed by atoms with Crippen LogP contribution in [-0.2, 0) is 0 Å². The van der Waals surface area contributed by atoms with Crippen molar-refractivity contribution in [2.75, 3.05) is 13.2 Å². The number of rotatable bonds is 10. The summed E-state index contributed by atoms with van der Waals surface area (Å²) in [5.41, 5.74) is 0. The highest BCUT2D eigenvalue weighted by Gasteiger charge is 2.44. The van der Waals surface area contributed by atoms with E-state index in [9.17, 15) is 8.78 Å². The molecule has 0 aromatic heterocycles. The zero-order valence-corrected chi connectivity index (χ0v) is 16.8. The van der Waals surface area contributed by atoms with Gasteiger partial charge in [-0.2, -0.15) is 8.78 Å². The normalized spacial score (nSPS) is 27.0. The summed E-state index contributed by atoms with van der Waals surface area (Å²) in [5.74, 6) is 0.945. The Balaban J connectivity index is 1.51. The fraction of sp³-hybridized carbons (Fsp3) is 0.739. The summed E-state index contributed by atoms with van der Waals surface area (Å²) in [5, 5.41) is 0. The molecule has 0 bridgehead atoms. The third-order valence-corrected chi connectivity index (χ3v) is 6.70. The van der Waals surface area contributed by atoms with Gasteiger partial charge in [0, 0.05) is 0 Å². The number of benzene rings is 1. The van der Waals surface area contributed by atoms with Crippen LogP contribution in [0.2, 0.25) is 0 Å². The lowest BCUT2D eigenvalue weighted by Crippen LogP contribution is -2.19. The SMILES string of the molecule is CCCCCCC1CCC2C(COc3ccc(OCC)c(F)c3F)CCC12. The van der Waals surface area contributed by atoms with Crippen LogP contribution in [0.25, 0.3) is 0 Å². The minimum atomic E-state index is -0.952. The van der Waals surface area contributed by atoms with E-state index in [0.717, 1.165) is 18.3 Å². The molecule has 2 nitrogen and oxygen atoms in total. The smallest absolute Gasteiger partial charge is 0.204 e. The molecule has 152 valence electrons. The van der Waals surface area contributed by atoms with Gasteiger partial charge < -0.3 is 9.47 Å². The molecular weight excluding hydrogens is 346 g/mol. The lowest BCUT2D eigenvalue weighted by Gasteiger charge is -2.21. The van der Waals surface area contributed by atoms with Crippen LogP contribution < -0.4 is 9.47 Å². The van der Waals surface area contributed by atoms with Gasteiger partial charge in [-0.05, 0) is 68.4 Å². The summed E-state index contributed by atoms with van der Waals surface area (Å²) in [6.45, 7) is 4.80. The van der Waals surface area contributed by atoms with E-state index in [-0.39, 0.29) is 11.5 Å². The highest BCUT2D eigenvalue weighted by atomic mass is 19.2. The van der Waals surface area contributed by atoms with Crippen LogP contribution in [0, 0.1) is 35.3 Å². The van der Waals surface area contributed by atoms with Crippen molar-refractivity contribution >= 4 is 0 Å². The van der Waals surface area contributed by atoms with E-state index in [4.69, 9.17) is 9.47 Å². The first-order chi connectivity index (χ1) is 13.2. The average Bonchev–Trinajstić information content (AvgIpc) is 3.25. The van der Waals surface area contributed by atoms with Crippen LogP contribution in [0.3, 0.4) is 0 Å². The monoisotopic (exact) mass is 380 g/mol. The Bertz CT molecular complexity index is 604. The van der Waals surface area contributed by atoms with Gasteiger partial charge in [0.15, 0.2) is 11.5 Å². The molecule has 0 saturated heterocycles. The van der Waals surface area contributed by atoms with E-state index >= 15 is 0 Å². The lowest BCUT2D eigenvalue weighted by molar-refractivity contribution is 0.193. The number of fused-ring (bicyclic) bond motifs is 1. The average molecular weight is 381 g/mol. The van der Waals surface area contributed by atoms with Crippen LogP contribution in [0.15, 0.2) is 12.1 Å². The van der Waals surface area contributed by atoms with Crippen molar-refractivity contribution in [1.29, 1.82) is 0 Å². The minimum Gasteiger partial charge on any atom is -0.491 e. The Morgan fingerprint density at radius 1 is 0.815 bits per heavy atom. The van der Waals surface area contributed by atoms with Crippen molar-refractivity contribution in [3.05, 3.63) is 23.8 Å². The fourth-order valence-electron chi connectivity index (χ4n) is 5.33.